The number of carboxylic acid groups (broad SMARTS) is 1. The lowest BCUT2D eigenvalue weighted by atomic mass is 9.83. The summed E-state index contributed by atoms with van der Waals surface area (Å²) in [5.41, 5.74) is 2.93. The Morgan fingerprint density at radius 2 is 1.54 bits per heavy atom. The van der Waals surface area contributed by atoms with Crippen molar-refractivity contribution in [3.63, 3.8) is 0 Å². The molecular formula is C23H22O3. The summed E-state index contributed by atoms with van der Waals surface area (Å²) < 4.78 is 5.90. The highest BCUT2D eigenvalue weighted by Crippen LogP contribution is 2.30. The summed E-state index contributed by atoms with van der Waals surface area (Å²) in [4.78, 5) is 11.5. The van der Waals surface area contributed by atoms with E-state index in [2.05, 4.69) is 0 Å². The van der Waals surface area contributed by atoms with E-state index in [4.69, 9.17) is 4.74 Å². The molecule has 0 radical (unpaired) electrons. The Labute approximate surface area is 153 Å². The Kier molecular flexibility index (Phi) is 5.08. The van der Waals surface area contributed by atoms with E-state index >= 15 is 0 Å². The topological polar surface area (TPSA) is 46.5 Å². The minimum atomic E-state index is -0.933. The predicted molar refractivity (Wildman–Crippen MR) is 103 cm³/mol. The molecule has 132 valence electrons. The van der Waals surface area contributed by atoms with Crippen LogP contribution in [0.3, 0.4) is 0 Å². The van der Waals surface area contributed by atoms with Crippen molar-refractivity contribution in [1.29, 1.82) is 0 Å². The number of ether oxygens (including phenoxy) is 1. The first-order valence-electron chi connectivity index (χ1n) is 8.58. The Morgan fingerprint density at radius 3 is 2.23 bits per heavy atom. The van der Waals surface area contributed by atoms with Gasteiger partial charge in [-0.2, -0.15) is 0 Å². The van der Waals surface area contributed by atoms with E-state index in [-0.39, 0.29) is 0 Å². The smallest absolute Gasteiger partial charge is 0.313 e. The number of hydrogen-bond acceptors (Lipinski definition) is 2. The van der Waals surface area contributed by atoms with Crippen molar-refractivity contribution in [1.82, 2.24) is 0 Å². The van der Waals surface area contributed by atoms with Crippen molar-refractivity contribution in [2.24, 2.45) is 0 Å². The highest BCUT2D eigenvalue weighted by atomic mass is 16.5. The minimum Gasteiger partial charge on any atom is -0.489 e. The maximum Gasteiger partial charge on any atom is 0.313 e. The minimum absolute atomic E-state index is 0.510. The number of benzene rings is 3. The van der Waals surface area contributed by atoms with Gasteiger partial charge < -0.3 is 9.84 Å². The molecule has 0 spiro atoms. The number of carboxylic acids is 1. The summed E-state index contributed by atoms with van der Waals surface area (Å²) in [7, 11) is 0. The van der Waals surface area contributed by atoms with Gasteiger partial charge in [0.05, 0.1) is 5.41 Å². The van der Waals surface area contributed by atoms with Crippen LogP contribution in [0.1, 0.15) is 25.0 Å². The van der Waals surface area contributed by atoms with Crippen LogP contribution in [0.5, 0.6) is 5.75 Å². The van der Waals surface area contributed by atoms with Crippen molar-refractivity contribution >= 4 is 5.97 Å². The van der Waals surface area contributed by atoms with E-state index < -0.39 is 11.4 Å². The third kappa shape index (κ3) is 3.94. The van der Waals surface area contributed by atoms with E-state index in [0.717, 1.165) is 28.0 Å². The van der Waals surface area contributed by atoms with Crippen LogP contribution in [0.15, 0.2) is 78.9 Å². The third-order valence-electron chi connectivity index (χ3n) is 4.53. The Morgan fingerprint density at radius 1 is 0.885 bits per heavy atom. The van der Waals surface area contributed by atoms with E-state index in [1.165, 1.54) is 0 Å². The highest BCUT2D eigenvalue weighted by molar-refractivity contribution is 5.81. The lowest BCUT2D eigenvalue weighted by molar-refractivity contribution is -0.142. The second-order valence-electron chi connectivity index (χ2n) is 6.81. The summed E-state index contributed by atoms with van der Waals surface area (Å²) in [6, 6.07) is 25.6. The molecule has 0 unspecified atom stereocenters. The molecule has 0 aromatic heterocycles. The first kappa shape index (κ1) is 17.7. The van der Waals surface area contributed by atoms with Gasteiger partial charge in [-0.3, -0.25) is 4.79 Å². The van der Waals surface area contributed by atoms with Gasteiger partial charge in [0.2, 0.25) is 0 Å². The van der Waals surface area contributed by atoms with Crippen LogP contribution in [-0.4, -0.2) is 11.1 Å². The zero-order valence-corrected chi connectivity index (χ0v) is 15.0. The van der Waals surface area contributed by atoms with Gasteiger partial charge in [-0.1, -0.05) is 66.7 Å². The second kappa shape index (κ2) is 7.44. The van der Waals surface area contributed by atoms with Gasteiger partial charge in [-0.15, -0.1) is 0 Å². The zero-order valence-electron chi connectivity index (χ0n) is 15.0. The van der Waals surface area contributed by atoms with Crippen molar-refractivity contribution in [3.05, 3.63) is 90.0 Å². The van der Waals surface area contributed by atoms with Crippen LogP contribution in [0.2, 0.25) is 0 Å². The first-order chi connectivity index (χ1) is 12.5. The predicted octanol–water partition coefficient (Wildman–Crippen LogP) is 5.29. The molecule has 0 saturated heterocycles. The maximum atomic E-state index is 11.5. The molecule has 0 atom stereocenters. The molecule has 3 heteroatoms. The number of aliphatic carboxylic acids is 1. The Bertz CT molecular complexity index is 898. The molecule has 0 saturated carbocycles. The van der Waals surface area contributed by atoms with Gasteiger partial charge in [-0.25, -0.2) is 0 Å². The number of carbonyl (C=O) groups is 1. The van der Waals surface area contributed by atoms with E-state index in [9.17, 15) is 9.90 Å². The van der Waals surface area contributed by atoms with Crippen LogP contribution in [-0.2, 0) is 16.8 Å². The van der Waals surface area contributed by atoms with Gasteiger partial charge in [0.15, 0.2) is 0 Å². The van der Waals surface area contributed by atoms with Crippen molar-refractivity contribution in [3.8, 4) is 16.9 Å². The average Bonchev–Trinajstić information content (AvgIpc) is 2.67. The fraction of sp³-hybridized carbons (Fsp3) is 0.174. The van der Waals surface area contributed by atoms with Gasteiger partial charge in [0.25, 0.3) is 0 Å². The Balaban J connectivity index is 1.83. The zero-order chi connectivity index (χ0) is 18.6. The third-order valence-corrected chi connectivity index (χ3v) is 4.53. The van der Waals surface area contributed by atoms with Crippen molar-refractivity contribution < 1.29 is 14.6 Å². The van der Waals surface area contributed by atoms with Gasteiger partial charge in [0, 0.05) is 0 Å². The van der Waals surface area contributed by atoms with Gasteiger partial charge in [-0.05, 0) is 48.2 Å². The molecule has 0 aliphatic heterocycles. The summed E-state index contributed by atoms with van der Waals surface area (Å²) in [5, 5.41) is 9.46. The molecule has 3 aromatic rings. The SMILES string of the molecule is CC(C)(C(=O)O)c1cccc(-c2cccc(OCc3ccccc3)c2)c1. The van der Waals surface area contributed by atoms with Gasteiger partial charge in [0.1, 0.15) is 12.4 Å². The fourth-order valence-electron chi connectivity index (χ4n) is 2.72. The van der Waals surface area contributed by atoms with Crippen LogP contribution < -0.4 is 4.74 Å². The molecule has 0 fully saturated rings. The maximum absolute atomic E-state index is 11.5. The summed E-state index contributed by atoms with van der Waals surface area (Å²) >= 11 is 0. The van der Waals surface area contributed by atoms with E-state index in [1.807, 2.05) is 78.9 Å². The molecule has 0 heterocycles. The molecule has 3 rings (SSSR count). The molecule has 0 bridgehead atoms. The molecule has 26 heavy (non-hydrogen) atoms. The average molecular weight is 346 g/mol. The second-order valence-corrected chi connectivity index (χ2v) is 6.81. The normalized spacial score (nSPS) is 11.2. The van der Waals surface area contributed by atoms with Crippen LogP contribution in [0.4, 0.5) is 0 Å². The van der Waals surface area contributed by atoms with Crippen LogP contribution in [0, 0.1) is 0 Å². The fourth-order valence-corrected chi connectivity index (χ4v) is 2.72. The summed E-state index contributed by atoms with van der Waals surface area (Å²) in [6.07, 6.45) is 0. The lowest BCUT2D eigenvalue weighted by Crippen LogP contribution is -2.28. The van der Waals surface area contributed by atoms with Crippen LogP contribution in [0.25, 0.3) is 11.1 Å². The molecule has 1 N–H and O–H groups in total. The van der Waals surface area contributed by atoms with Crippen molar-refractivity contribution in [2.75, 3.05) is 0 Å². The largest absolute Gasteiger partial charge is 0.489 e. The van der Waals surface area contributed by atoms with Crippen molar-refractivity contribution in [2.45, 2.75) is 25.9 Å². The molecule has 0 aliphatic rings. The number of rotatable bonds is 6. The molecule has 0 amide bonds. The number of hydrogen-bond donors (Lipinski definition) is 1. The van der Waals surface area contributed by atoms with Crippen LogP contribution >= 0.6 is 0 Å². The van der Waals surface area contributed by atoms with Gasteiger partial charge >= 0.3 is 5.97 Å². The van der Waals surface area contributed by atoms with E-state index in [0.29, 0.717) is 6.61 Å². The standard InChI is InChI=1S/C23H22O3/c1-23(2,22(24)25)20-12-6-10-18(14-20)19-11-7-13-21(15-19)26-16-17-8-4-3-5-9-17/h3-15H,16H2,1-2H3,(H,24,25). The quantitative estimate of drug-likeness (QED) is 0.659. The monoisotopic (exact) mass is 346 g/mol. The Hall–Kier alpha value is -3.07. The molecule has 0 aliphatic carbocycles. The molecular weight excluding hydrogens is 324 g/mol. The first-order valence-corrected chi connectivity index (χ1v) is 8.58. The summed E-state index contributed by atoms with van der Waals surface area (Å²) in [5.74, 6) is -0.0520. The highest BCUT2D eigenvalue weighted by Gasteiger charge is 2.29. The molecule has 3 nitrogen and oxygen atoms in total. The van der Waals surface area contributed by atoms with E-state index in [1.54, 1.807) is 13.8 Å². The lowest BCUT2D eigenvalue weighted by Gasteiger charge is -2.20. The summed E-state index contributed by atoms with van der Waals surface area (Å²) in [6.45, 7) is 3.94. The molecule has 3 aromatic carbocycles.